The van der Waals surface area contributed by atoms with Crippen molar-refractivity contribution in [2.75, 3.05) is 13.7 Å². The number of rotatable bonds is 1. The third-order valence-electron chi connectivity index (χ3n) is 2.47. The van der Waals surface area contributed by atoms with Gasteiger partial charge < -0.3 is 9.47 Å². The highest BCUT2D eigenvalue weighted by atomic mass is 16.5. The molecule has 7 nitrogen and oxygen atoms in total. The van der Waals surface area contributed by atoms with Gasteiger partial charge in [0.25, 0.3) is 5.78 Å². The first-order valence-electron chi connectivity index (χ1n) is 4.75. The standard InChI is InChI=1S/C9H8N4O3/c1-15-8(14)6-5-2-3-16-7(5)13-4-10-12-9(13)11-6/h4H,2-3H2,1H3. The Morgan fingerprint density at radius 2 is 2.50 bits per heavy atom. The molecule has 0 saturated carbocycles. The van der Waals surface area contributed by atoms with Crippen LogP contribution < -0.4 is 4.74 Å². The van der Waals surface area contributed by atoms with E-state index < -0.39 is 5.97 Å². The van der Waals surface area contributed by atoms with Crippen LogP contribution in [0.25, 0.3) is 5.78 Å². The lowest BCUT2D eigenvalue weighted by molar-refractivity contribution is 0.0593. The van der Waals surface area contributed by atoms with E-state index in [1.165, 1.54) is 13.4 Å². The van der Waals surface area contributed by atoms with Crippen LogP contribution in [0.15, 0.2) is 6.33 Å². The predicted molar refractivity (Wildman–Crippen MR) is 51.3 cm³/mol. The zero-order chi connectivity index (χ0) is 11.1. The van der Waals surface area contributed by atoms with Crippen LogP contribution >= 0.6 is 0 Å². The third kappa shape index (κ3) is 1.08. The Hall–Kier alpha value is -2.18. The minimum Gasteiger partial charge on any atom is -0.478 e. The summed E-state index contributed by atoms with van der Waals surface area (Å²) in [5.74, 6) is 0.434. The summed E-state index contributed by atoms with van der Waals surface area (Å²) in [5, 5.41) is 7.51. The van der Waals surface area contributed by atoms with Crippen LogP contribution in [0.1, 0.15) is 16.1 Å². The van der Waals surface area contributed by atoms with Crippen molar-refractivity contribution in [2.24, 2.45) is 0 Å². The van der Waals surface area contributed by atoms with Crippen LogP contribution in [0.2, 0.25) is 0 Å². The van der Waals surface area contributed by atoms with Gasteiger partial charge >= 0.3 is 5.97 Å². The van der Waals surface area contributed by atoms with Crippen LogP contribution in [0.4, 0.5) is 0 Å². The van der Waals surface area contributed by atoms with Crippen LogP contribution in [0.3, 0.4) is 0 Å². The third-order valence-corrected chi connectivity index (χ3v) is 2.47. The summed E-state index contributed by atoms with van der Waals surface area (Å²) < 4.78 is 11.7. The summed E-state index contributed by atoms with van der Waals surface area (Å²) in [7, 11) is 1.32. The highest BCUT2D eigenvalue weighted by Crippen LogP contribution is 2.28. The minimum atomic E-state index is -0.479. The van der Waals surface area contributed by atoms with Gasteiger partial charge in [-0.2, -0.15) is 0 Å². The first-order chi connectivity index (χ1) is 7.81. The van der Waals surface area contributed by atoms with Crippen LogP contribution in [-0.2, 0) is 11.2 Å². The Bertz CT molecular complexity index is 577. The van der Waals surface area contributed by atoms with Crippen molar-refractivity contribution in [3.8, 4) is 5.88 Å². The minimum absolute atomic E-state index is 0.260. The van der Waals surface area contributed by atoms with Crippen LogP contribution in [0.5, 0.6) is 5.88 Å². The van der Waals surface area contributed by atoms with Crippen molar-refractivity contribution in [1.29, 1.82) is 0 Å². The van der Waals surface area contributed by atoms with E-state index in [1.54, 1.807) is 4.40 Å². The number of hydrogen-bond acceptors (Lipinski definition) is 6. The van der Waals surface area contributed by atoms with Gasteiger partial charge in [0.15, 0.2) is 5.69 Å². The second-order valence-corrected chi connectivity index (χ2v) is 3.34. The molecule has 7 heteroatoms. The molecule has 82 valence electrons. The molecule has 0 N–H and O–H groups in total. The molecule has 0 saturated heterocycles. The van der Waals surface area contributed by atoms with Gasteiger partial charge in [0.05, 0.1) is 13.7 Å². The number of methoxy groups -OCH3 is 1. The van der Waals surface area contributed by atoms with Crippen molar-refractivity contribution < 1.29 is 14.3 Å². The Kier molecular flexibility index (Phi) is 1.79. The average Bonchev–Trinajstić information content (AvgIpc) is 2.93. The predicted octanol–water partition coefficient (Wildman–Crippen LogP) is -0.154. The van der Waals surface area contributed by atoms with Gasteiger partial charge in [-0.1, -0.05) is 0 Å². The van der Waals surface area contributed by atoms with Gasteiger partial charge in [0, 0.05) is 12.0 Å². The molecule has 0 aromatic carbocycles. The maximum atomic E-state index is 11.5. The molecule has 0 amide bonds. The van der Waals surface area contributed by atoms with E-state index in [2.05, 4.69) is 19.9 Å². The average molecular weight is 220 g/mol. The van der Waals surface area contributed by atoms with Gasteiger partial charge in [0.2, 0.25) is 5.88 Å². The number of esters is 1. The first-order valence-corrected chi connectivity index (χ1v) is 4.75. The zero-order valence-corrected chi connectivity index (χ0v) is 8.51. The number of carbonyl (C=O) groups is 1. The fraction of sp³-hybridized carbons (Fsp3) is 0.333. The molecule has 0 bridgehead atoms. The van der Waals surface area contributed by atoms with Crippen molar-refractivity contribution in [3.63, 3.8) is 0 Å². The molecule has 0 atom stereocenters. The maximum Gasteiger partial charge on any atom is 0.357 e. The lowest BCUT2D eigenvalue weighted by atomic mass is 10.2. The monoisotopic (exact) mass is 220 g/mol. The van der Waals surface area contributed by atoms with Crippen LogP contribution in [-0.4, -0.2) is 39.3 Å². The molecule has 0 fully saturated rings. The molecule has 3 heterocycles. The SMILES string of the molecule is COC(=O)c1nc2nncn2c2c1CCO2. The number of ether oxygens (including phenoxy) is 2. The smallest absolute Gasteiger partial charge is 0.357 e. The second kappa shape index (κ2) is 3.16. The maximum absolute atomic E-state index is 11.5. The van der Waals surface area contributed by atoms with Crippen molar-refractivity contribution in [3.05, 3.63) is 17.6 Å². The van der Waals surface area contributed by atoms with Crippen molar-refractivity contribution >= 4 is 11.7 Å². The molecule has 16 heavy (non-hydrogen) atoms. The quantitative estimate of drug-likeness (QED) is 0.621. The summed E-state index contributed by atoms with van der Waals surface area (Å²) in [5.41, 5.74) is 1.01. The van der Waals surface area contributed by atoms with Gasteiger partial charge in [-0.05, 0) is 0 Å². The number of carbonyl (C=O) groups excluding carboxylic acids is 1. The van der Waals surface area contributed by atoms with E-state index in [1.807, 2.05) is 0 Å². The molecular weight excluding hydrogens is 212 g/mol. The van der Waals surface area contributed by atoms with E-state index in [0.717, 1.165) is 5.56 Å². The van der Waals surface area contributed by atoms with E-state index >= 15 is 0 Å². The highest BCUT2D eigenvalue weighted by Gasteiger charge is 2.26. The Balaban J connectivity index is 2.33. The molecule has 0 unspecified atom stereocenters. The summed E-state index contributed by atoms with van der Waals surface area (Å²) in [6, 6.07) is 0. The van der Waals surface area contributed by atoms with E-state index in [4.69, 9.17) is 4.74 Å². The molecule has 0 aliphatic carbocycles. The number of fused-ring (bicyclic) bond motifs is 3. The normalized spacial score (nSPS) is 13.6. The second-order valence-electron chi connectivity index (χ2n) is 3.34. The Morgan fingerprint density at radius 1 is 1.62 bits per heavy atom. The Labute approximate surface area is 90.0 Å². The largest absolute Gasteiger partial charge is 0.478 e. The summed E-state index contributed by atoms with van der Waals surface area (Å²) in [6.07, 6.45) is 2.15. The topological polar surface area (TPSA) is 78.6 Å². The van der Waals surface area contributed by atoms with E-state index in [9.17, 15) is 4.79 Å². The molecule has 1 aliphatic rings. The molecule has 3 rings (SSSR count). The molecule has 1 aliphatic heterocycles. The van der Waals surface area contributed by atoms with Crippen molar-refractivity contribution in [2.45, 2.75) is 6.42 Å². The molecule has 2 aromatic heterocycles. The summed E-state index contributed by atoms with van der Waals surface area (Å²) >= 11 is 0. The molecule has 2 aromatic rings. The van der Waals surface area contributed by atoms with Gasteiger partial charge in [-0.3, -0.25) is 0 Å². The highest BCUT2D eigenvalue weighted by molar-refractivity contribution is 5.90. The number of hydrogen-bond donors (Lipinski definition) is 0. The summed E-state index contributed by atoms with van der Waals surface area (Å²) in [4.78, 5) is 15.7. The van der Waals surface area contributed by atoms with Gasteiger partial charge in [0.1, 0.15) is 6.33 Å². The summed E-state index contributed by atoms with van der Waals surface area (Å²) in [6.45, 7) is 0.526. The lowest BCUT2D eigenvalue weighted by Crippen LogP contribution is -2.09. The molecule has 0 spiro atoms. The molecule has 0 radical (unpaired) electrons. The lowest BCUT2D eigenvalue weighted by Gasteiger charge is -2.05. The number of nitrogens with zero attached hydrogens (tertiary/aromatic N) is 4. The first kappa shape index (κ1) is 9.08. The number of aromatic nitrogens is 4. The van der Waals surface area contributed by atoms with E-state index in [0.29, 0.717) is 24.7 Å². The van der Waals surface area contributed by atoms with Gasteiger partial charge in [-0.15, -0.1) is 10.2 Å². The van der Waals surface area contributed by atoms with Crippen LogP contribution in [0, 0.1) is 0 Å². The Morgan fingerprint density at radius 3 is 3.31 bits per heavy atom. The molecular formula is C9H8N4O3. The fourth-order valence-electron chi connectivity index (χ4n) is 1.76. The van der Waals surface area contributed by atoms with E-state index in [-0.39, 0.29) is 5.69 Å². The van der Waals surface area contributed by atoms with Gasteiger partial charge in [-0.25, -0.2) is 14.2 Å². The fourth-order valence-corrected chi connectivity index (χ4v) is 1.76. The van der Waals surface area contributed by atoms with Crippen molar-refractivity contribution in [1.82, 2.24) is 19.6 Å². The zero-order valence-electron chi connectivity index (χ0n) is 8.51.